The highest BCUT2D eigenvalue weighted by atomic mass is 16.3. The number of nitrogens with two attached hydrogens (primary N) is 1. The Hall–Kier alpha value is -1.75. The van der Waals surface area contributed by atoms with Gasteiger partial charge in [0.05, 0.1) is 12.3 Å². The van der Waals surface area contributed by atoms with Gasteiger partial charge in [-0.05, 0) is 24.6 Å². The van der Waals surface area contributed by atoms with Crippen LogP contribution in [0.25, 0.3) is 0 Å². The van der Waals surface area contributed by atoms with Crippen LogP contribution in [0, 0.1) is 0 Å². The van der Waals surface area contributed by atoms with Crippen LogP contribution in [0.1, 0.15) is 23.7 Å². The summed E-state index contributed by atoms with van der Waals surface area (Å²) in [4.78, 5) is 13.6. The zero-order valence-electron chi connectivity index (χ0n) is 9.89. The van der Waals surface area contributed by atoms with E-state index in [2.05, 4.69) is 0 Å². The van der Waals surface area contributed by atoms with Crippen LogP contribution in [0.15, 0.2) is 18.2 Å². The second-order valence-electron chi connectivity index (χ2n) is 3.79. The van der Waals surface area contributed by atoms with Crippen molar-refractivity contribution in [1.82, 2.24) is 4.90 Å². The minimum absolute atomic E-state index is 0.0767. The molecular formula is C12H18N2O3. The predicted molar refractivity (Wildman–Crippen MR) is 65.8 cm³/mol. The Kier molecular flexibility index (Phi) is 4.78. The van der Waals surface area contributed by atoms with E-state index in [1.807, 2.05) is 6.92 Å². The lowest BCUT2D eigenvalue weighted by Crippen LogP contribution is -2.34. The molecule has 1 rings (SSSR count). The molecule has 0 heterocycles. The molecule has 0 saturated heterocycles. The standard InChI is InChI=1S/C12H18N2O3/c1-2-5-14(6-7-15)12(17)9-3-4-10(13)11(16)8-9/h3-4,8,15-16H,2,5-7,13H2,1H3. The first kappa shape index (κ1) is 13.3. The highest BCUT2D eigenvalue weighted by molar-refractivity contribution is 5.95. The lowest BCUT2D eigenvalue weighted by molar-refractivity contribution is 0.0721. The van der Waals surface area contributed by atoms with E-state index in [1.165, 1.54) is 12.1 Å². The maximum absolute atomic E-state index is 12.1. The fourth-order valence-electron chi connectivity index (χ4n) is 1.56. The van der Waals surface area contributed by atoms with Gasteiger partial charge in [0.15, 0.2) is 0 Å². The number of rotatable bonds is 5. The molecule has 0 atom stereocenters. The SMILES string of the molecule is CCCN(CCO)C(=O)c1ccc(N)c(O)c1. The number of phenols is 1. The van der Waals surface area contributed by atoms with Gasteiger partial charge < -0.3 is 20.8 Å². The summed E-state index contributed by atoms with van der Waals surface area (Å²) >= 11 is 0. The number of nitrogen functional groups attached to an aromatic ring is 1. The molecule has 17 heavy (non-hydrogen) atoms. The molecule has 0 aliphatic rings. The van der Waals surface area contributed by atoms with Crippen LogP contribution in [0.3, 0.4) is 0 Å². The molecule has 0 unspecified atom stereocenters. The quantitative estimate of drug-likeness (QED) is 0.523. The molecule has 5 heteroatoms. The number of aliphatic hydroxyl groups is 1. The second kappa shape index (κ2) is 6.10. The molecule has 1 amide bonds. The van der Waals surface area contributed by atoms with E-state index in [9.17, 15) is 9.90 Å². The first-order chi connectivity index (χ1) is 8.10. The summed E-state index contributed by atoms with van der Waals surface area (Å²) in [6.07, 6.45) is 0.812. The molecule has 0 bridgehead atoms. The minimum atomic E-state index is -0.212. The summed E-state index contributed by atoms with van der Waals surface area (Å²) in [5.41, 5.74) is 6.08. The number of benzene rings is 1. The Morgan fingerprint density at radius 1 is 1.41 bits per heavy atom. The fourth-order valence-corrected chi connectivity index (χ4v) is 1.56. The normalized spacial score (nSPS) is 10.2. The average molecular weight is 238 g/mol. The van der Waals surface area contributed by atoms with Gasteiger partial charge in [-0.15, -0.1) is 0 Å². The van der Waals surface area contributed by atoms with Crippen LogP contribution in [0.5, 0.6) is 5.75 Å². The molecule has 0 aliphatic heterocycles. The van der Waals surface area contributed by atoms with Crippen molar-refractivity contribution in [3.63, 3.8) is 0 Å². The third-order valence-electron chi connectivity index (χ3n) is 2.43. The molecule has 1 aromatic rings. The Morgan fingerprint density at radius 2 is 2.12 bits per heavy atom. The minimum Gasteiger partial charge on any atom is -0.506 e. The number of phenolic OH excluding ortho intramolecular Hbond substituents is 1. The number of carbonyl (C=O) groups is 1. The van der Waals surface area contributed by atoms with Crippen LogP contribution in [0.4, 0.5) is 5.69 Å². The van der Waals surface area contributed by atoms with Gasteiger partial charge in [-0.1, -0.05) is 6.92 Å². The van der Waals surface area contributed by atoms with Crippen molar-refractivity contribution in [3.8, 4) is 5.75 Å². The molecule has 5 nitrogen and oxygen atoms in total. The Labute approximate surface area is 100 Å². The molecule has 0 aliphatic carbocycles. The van der Waals surface area contributed by atoms with E-state index in [1.54, 1.807) is 11.0 Å². The maximum Gasteiger partial charge on any atom is 0.254 e. The lowest BCUT2D eigenvalue weighted by Gasteiger charge is -2.21. The van der Waals surface area contributed by atoms with Crippen molar-refractivity contribution >= 4 is 11.6 Å². The number of anilines is 1. The van der Waals surface area contributed by atoms with Crippen molar-refractivity contribution in [2.45, 2.75) is 13.3 Å². The van der Waals surface area contributed by atoms with Crippen LogP contribution < -0.4 is 5.73 Å². The van der Waals surface area contributed by atoms with Crippen LogP contribution >= 0.6 is 0 Å². The first-order valence-electron chi connectivity index (χ1n) is 5.58. The van der Waals surface area contributed by atoms with Crippen molar-refractivity contribution < 1.29 is 15.0 Å². The largest absolute Gasteiger partial charge is 0.506 e. The molecule has 0 spiro atoms. The molecule has 0 aromatic heterocycles. The molecule has 0 saturated carbocycles. The number of nitrogens with zero attached hydrogens (tertiary/aromatic N) is 1. The van der Waals surface area contributed by atoms with E-state index in [4.69, 9.17) is 10.8 Å². The Bertz CT molecular complexity index is 387. The number of hydrogen-bond acceptors (Lipinski definition) is 4. The molecule has 4 N–H and O–H groups in total. The van der Waals surface area contributed by atoms with Gasteiger partial charge in [0.2, 0.25) is 0 Å². The van der Waals surface area contributed by atoms with Crippen LogP contribution in [-0.4, -0.2) is 40.7 Å². The third-order valence-corrected chi connectivity index (χ3v) is 2.43. The molecule has 94 valence electrons. The van der Waals surface area contributed by atoms with E-state index in [0.29, 0.717) is 12.1 Å². The smallest absolute Gasteiger partial charge is 0.254 e. The molecule has 0 fully saturated rings. The highest BCUT2D eigenvalue weighted by Gasteiger charge is 2.15. The number of aromatic hydroxyl groups is 1. The zero-order valence-corrected chi connectivity index (χ0v) is 9.89. The summed E-state index contributed by atoms with van der Waals surface area (Å²) in [5.74, 6) is -0.313. The first-order valence-corrected chi connectivity index (χ1v) is 5.58. The molecular weight excluding hydrogens is 220 g/mol. The number of amides is 1. The van der Waals surface area contributed by atoms with E-state index in [0.717, 1.165) is 6.42 Å². The van der Waals surface area contributed by atoms with Gasteiger partial charge in [-0.25, -0.2) is 0 Å². The average Bonchev–Trinajstić information content (AvgIpc) is 2.31. The molecule has 1 aromatic carbocycles. The van der Waals surface area contributed by atoms with Gasteiger partial charge in [0.1, 0.15) is 5.75 Å². The van der Waals surface area contributed by atoms with Crippen molar-refractivity contribution in [1.29, 1.82) is 0 Å². The van der Waals surface area contributed by atoms with Crippen LogP contribution in [0.2, 0.25) is 0 Å². The molecule has 0 radical (unpaired) electrons. The van der Waals surface area contributed by atoms with E-state index < -0.39 is 0 Å². The number of carbonyl (C=O) groups excluding carboxylic acids is 1. The van der Waals surface area contributed by atoms with Crippen molar-refractivity contribution in [2.75, 3.05) is 25.4 Å². The zero-order chi connectivity index (χ0) is 12.8. The summed E-state index contributed by atoms with van der Waals surface area (Å²) in [5, 5.41) is 18.3. The van der Waals surface area contributed by atoms with Gasteiger partial charge in [-0.3, -0.25) is 4.79 Å². The topological polar surface area (TPSA) is 86.8 Å². The number of aliphatic hydroxyl groups excluding tert-OH is 1. The van der Waals surface area contributed by atoms with Gasteiger partial charge >= 0.3 is 0 Å². The van der Waals surface area contributed by atoms with Crippen molar-refractivity contribution in [2.24, 2.45) is 0 Å². The highest BCUT2D eigenvalue weighted by Crippen LogP contribution is 2.21. The summed E-state index contributed by atoms with van der Waals surface area (Å²) in [7, 11) is 0. The van der Waals surface area contributed by atoms with Gasteiger partial charge in [0.25, 0.3) is 5.91 Å². The maximum atomic E-state index is 12.1. The lowest BCUT2D eigenvalue weighted by atomic mass is 10.1. The summed E-state index contributed by atoms with van der Waals surface area (Å²) < 4.78 is 0. The second-order valence-corrected chi connectivity index (χ2v) is 3.79. The van der Waals surface area contributed by atoms with Gasteiger partial charge in [0, 0.05) is 18.7 Å². The van der Waals surface area contributed by atoms with Crippen molar-refractivity contribution in [3.05, 3.63) is 23.8 Å². The fraction of sp³-hybridized carbons (Fsp3) is 0.417. The van der Waals surface area contributed by atoms with Crippen LogP contribution in [-0.2, 0) is 0 Å². The monoisotopic (exact) mass is 238 g/mol. The Morgan fingerprint density at radius 3 is 2.65 bits per heavy atom. The van der Waals surface area contributed by atoms with E-state index >= 15 is 0 Å². The predicted octanol–water partition coefficient (Wildman–Crippen LogP) is 0.819. The third kappa shape index (κ3) is 3.35. The summed E-state index contributed by atoms with van der Waals surface area (Å²) in [6.45, 7) is 2.74. The summed E-state index contributed by atoms with van der Waals surface area (Å²) in [6, 6.07) is 4.40. The van der Waals surface area contributed by atoms with Gasteiger partial charge in [-0.2, -0.15) is 0 Å². The Balaban J connectivity index is 2.88. The number of hydrogen-bond donors (Lipinski definition) is 3. The van der Waals surface area contributed by atoms with E-state index in [-0.39, 0.29) is 30.5 Å².